The van der Waals surface area contributed by atoms with Gasteiger partial charge in [0.05, 0.1) is 25.0 Å². The lowest BCUT2D eigenvalue weighted by Crippen LogP contribution is -2.39. The van der Waals surface area contributed by atoms with E-state index in [9.17, 15) is 14.4 Å². The maximum atomic E-state index is 12.8. The quantitative estimate of drug-likeness (QED) is 0.622. The van der Waals surface area contributed by atoms with Gasteiger partial charge in [0.25, 0.3) is 5.91 Å². The molecule has 1 saturated heterocycles. The topological polar surface area (TPSA) is 103 Å². The Morgan fingerprint density at radius 1 is 1.03 bits per heavy atom. The molecule has 1 fully saturated rings. The molecule has 1 N–H and O–H groups in total. The molecule has 9 heteroatoms. The number of nitrogens with zero attached hydrogens (tertiary/aromatic N) is 1. The zero-order valence-electron chi connectivity index (χ0n) is 19.3. The summed E-state index contributed by atoms with van der Waals surface area (Å²) < 4.78 is 20.6. The van der Waals surface area contributed by atoms with Crippen LogP contribution in [0, 0.1) is 5.92 Å². The Balaban J connectivity index is 1.32. The Labute approximate surface area is 197 Å². The standard InChI is InChI=1S/C25H28N2O7/c1-31-14-17-3-5-18(6-4-17)24(29)27-9-7-16(8-10-27)11-23(28)26-20-13-22-21(33-15-34-22)12-19(20)25(30)32-2/h3-6,12-13,16H,7-11,14-15H2,1-2H3,(H,26,28). The molecule has 180 valence electrons. The van der Waals surface area contributed by atoms with E-state index in [1.165, 1.54) is 13.2 Å². The van der Waals surface area contributed by atoms with E-state index < -0.39 is 5.97 Å². The van der Waals surface area contributed by atoms with Gasteiger partial charge >= 0.3 is 5.97 Å². The van der Waals surface area contributed by atoms with Crippen LogP contribution in [0.15, 0.2) is 36.4 Å². The third-order valence-corrected chi connectivity index (χ3v) is 6.08. The third-order valence-electron chi connectivity index (χ3n) is 6.08. The van der Waals surface area contributed by atoms with Crippen molar-refractivity contribution in [2.45, 2.75) is 25.9 Å². The fourth-order valence-corrected chi connectivity index (χ4v) is 4.22. The van der Waals surface area contributed by atoms with Crippen molar-refractivity contribution in [3.63, 3.8) is 0 Å². The zero-order valence-corrected chi connectivity index (χ0v) is 19.3. The lowest BCUT2D eigenvalue weighted by molar-refractivity contribution is -0.117. The number of likely N-dealkylation sites (tertiary alicyclic amines) is 1. The first-order valence-electron chi connectivity index (χ1n) is 11.2. The average Bonchev–Trinajstić information content (AvgIpc) is 3.31. The number of piperidine rings is 1. The molecule has 2 aromatic carbocycles. The number of fused-ring (bicyclic) bond motifs is 1. The van der Waals surface area contributed by atoms with Gasteiger partial charge in [-0.25, -0.2) is 4.79 Å². The fraction of sp³-hybridized carbons (Fsp3) is 0.400. The minimum Gasteiger partial charge on any atom is -0.465 e. The van der Waals surface area contributed by atoms with E-state index >= 15 is 0 Å². The number of hydrogen-bond acceptors (Lipinski definition) is 7. The van der Waals surface area contributed by atoms with Crippen molar-refractivity contribution < 1.29 is 33.3 Å². The number of nitrogens with one attached hydrogen (secondary N) is 1. The summed E-state index contributed by atoms with van der Waals surface area (Å²) in [6.45, 7) is 1.75. The van der Waals surface area contributed by atoms with Gasteiger partial charge in [-0.05, 0) is 36.5 Å². The van der Waals surface area contributed by atoms with Crippen molar-refractivity contribution in [1.29, 1.82) is 0 Å². The number of anilines is 1. The van der Waals surface area contributed by atoms with Crippen LogP contribution in [0.4, 0.5) is 5.69 Å². The normalized spacial score (nSPS) is 15.2. The number of ether oxygens (including phenoxy) is 4. The highest BCUT2D eigenvalue weighted by atomic mass is 16.7. The first-order valence-corrected chi connectivity index (χ1v) is 11.2. The van der Waals surface area contributed by atoms with E-state index in [0.29, 0.717) is 48.9 Å². The van der Waals surface area contributed by atoms with Crippen LogP contribution in [-0.4, -0.2) is 56.8 Å². The summed E-state index contributed by atoms with van der Waals surface area (Å²) in [5.41, 5.74) is 2.19. The summed E-state index contributed by atoms with van der Waals surface area (Å²) in [5, 5.41) is 2.81. The summed E-state index contributed by atoms with van der Waals surface area (Å²) in [4.78, 5) is 39.5. The summed E-state index contributed by atoms with van der Waals surface area (Å²) in [7, 11) is 2.91. The molecule has 0 radical (unpaired) electrons. The Bertz CT molecular complexity index is 1060. The Morgan fingerprint density at radius 3 is 2.35 bits per heavy atom. The zero-order chi connectivity index (χ0) is 24.1. The second kappa shape index (κ2) is 10.6. The summed E-state index contributed by atoms with van der Waals surface area (Å²) >= 11 is 0. The minimum absolute atomic E-state index is 0.00468. The summed E-state index contributed by atoms with van der Waals surface area (Å²) in [6.07, 6.45) is 1.75. The van der Waals surface area contributed by atoms with Gasteiger partial charge in [0.1, 0.15) is 0 Å². The molecule has 34 heavy (non-hydrogen) atoms. The highest BCUT2D eigenvalue weighted by Crippen LogP contribution is 2.37. The first-order chi connectivity index (χ1) is 16.5. The predicted molar refractivity (Wildman–Crippen MR) is 123 cm³/mol. The third kappa shape index (κ3) is 5.31. The summed E-state index contributed by atoms with van der Waals surface area (Å²) in [6, 6.07) is 10.5. The Kier molecular flexibility index (Phi) is 7.32. The van der Waals surface area contributed by atoms with Crippen molar-refractivity contribution in [3.05, 3.63) is 53.1 Å². The maximum Gasteiger partial charge on any atom is 0.340 e. The fourth-order valence-electron chi connectivity index (χ4n) is 4.22. The molecule has 0 aliphatic carbocycles. The number of esters is 1. The number of hydrogen-bond donors (Lipinski definition) is 1. The van der Waals surface area contributed by atoms with Gasteiger partial charge in [0, 0.05) is 44.3 Å². The molecule has 2 heterocycles. The smallest absolute Gasteiger partial charge is 0.340 e. The van der Waals surface area contributed by atoms with E-state index in [1.807, 2.05) is 29.2 Å². The minimum atomic E-state index is -0.573. The van der Waals surface area contributed by atoms with E-state index in [-0.39, 0.29) is 30.1 Å². The molecule has 0 unspecified atom stereocenters. The molecule has 2 aliphatic rings. The molecule has 2 aliphatic heterocycles. The number of carbonyl (C=O) groups is 3. The lowest BCUT2D eigenvalue weighted by atomic mass is 9.92. The average molecular weight is 469 g/mol. The molecule has 0 atom stereocenters. The van der Waals surface area contributed by atoms with Crippen molar-refractivity contribution >= 4 is 23.5 Å². The number of rotatable bonds is 7. The van der Waals surface area contributed by atoms with E-state index in [4.69, 9.17) is 18.9 Å². The highest BCUT2D eigenvalue weighted by Gasteiger charge is 2.27. The molecule has 0 bridgehead atoms. The van der Waals surface area contributed by atoms with Crippen LogP contribution in [0.1, 0.15) is 45.5 Å². The van der Waals surface area contributed by atoms with Gasteiger partial charge in [-0.2, -0.15) is 0 Å². The van der Waals surface area contributed by atoms with Gasteiger partial charge in [-0.3, -0.25) is 9.59 Å². The second-order valence-corrected chi connectivity index (χ2v) is 8.36. The van der Waals surface area contributed by atoms with Crippen molar-refractivity contribution in [2.24, 2.45) is 5.92 Å². The molecule has 4 rings (SSSR count). The summed E-state index contributed by atoms with van der Waals surface area (Å²) in [5.74, 6) is 0.255. The van der Waals surface area contributed by atoms with Crippen LogP contribution in [0.2, 0.25) is 0 Å². The molecular formula is C25H28N2O7. The van der Waals surface area contributed by atoms with Crippen LogP contribution < -0.4 is 14.8 Å². The molecule has 2 aromatic rings. The number of carbonyl (C=O) groups excluding carboxylic acids is 3. The predicted octanol–water partition coefficient (Wildman–Crippen LogP) is 3.23. The lowest BCUT2D eigenvalue weighted by Gasteiger charge is -2.32. The Morgan fingerprint density at radius 2 is 1.71 bits per heavy atom. The molecule has 2 amide bonds. The van der Waals surface area contributed by atoms with Crippen LogP contribution in [0.5, 0.6) is 11.5 Å². The van der Waals surface area contributed by atoms with Crippen LogP contribution in [0.25, 0.3) is 0 Å². The van der Waals surface area contributed by atoms with Crippen molar-refractivity contribution in [1.82, 2.24) is 4.90 Å². The van der Waals surface area contributed by atoms with E-state index in [1.54, 1.807) is 13.2 Å². The van der Waals surface area contributed by atoms with Gasteiger partial charge in [0.2, 0.25) is 12.7 Å². The Hall–Kier alpha value is -3.59. The molecule has 0 aromatic heterocycles. The molecular weight excluding hydrogens is 440 g/mol. The highest BCUT2D eigenvalue weighted by molar-refractivity contribution is 6.02. The van der Waals surface area contributed by atoms with Gasteiger partial charge < -0.3 is 29.2 Å². The van der Waals surface area contributed by atoms with Crippen LogP contribution in [-0.2, 0) is 20.9 Å². The van der Waals surface area contributed by atoms with Crippen molar-refractivity contribution in [3.8, 4) is 11.5 Å². The van der Waals surface area contributed by atoms with E-state index in [0.717, 1.165) is 18.4 Å². The molecule has 0 spiro atoms. The largest absolute Gasteiger partial charge is 0.465 e. The molecule has 9 nitrogen and oxygen atoms in total. The van der Waals surface area contributed by atoms with Gasteiger partial charge in [-0.15, -0.1) is 0 Å². The maximum absolute atomic E-state index is 12.8. The van der Waals surface area contributed by atoms with Crippen LogP contribution in [0.3, 0.4) is 0 Å². The number of amides is 2. The van der Waals surface area contributed by atoms with Gasteiger partial charge in [0.15, 0.2) is 11.5 Å². The van der Waals surface area contributed by atoms with Crippen molar-refractivity contribution in [2.75, 3.05) is 39.4 Å². The molecule has 0 saturated carbocycles. The SMILES string of the molecule is COCc1ccc(C(=O)N2CCC(CC(=O)Nc3cc4c(cc3C(=O)OC)OCO4)CC2)cc1. The second-order valence-electron chi connectivity index (χ2n) is 8.36. The monoisotopic (exact) mass is 468 g/mol. The number of methoxy groups -OCH3 is 2. The first kappa shape index (κ1) is 23.6. The van der Waals surface area contributed by atoms with E-state index in [2.05, 4.69) is 5.32 Å². The number of benzene rings is 2. The van der Waals surface area contributed by atoms with Crippen LogP contribution >= 0.6 is 0 Å². The van der Waals surface area contributed by atoms with Gasteiger partial charge in [-0.1, -0.05) is 12.1 Å².